The fourth-order valence-electron chi connectivity index (χ4n) is 2.80. The number of benzene rings is 1. The number of carbonyl (C=O) groups excluding carboxylic acids is 1. The molecule has 0 aromatic heterocycles. The molecular formula is C16H23FN2O. The minimum Gasteiger partial charge on any atom is -0.349 e. The highest BCUT2D eigenvalue weighted by Crippen LogP contribution is 2.19. The molecule has 2 rings (SSSR count). The van der Waals surface area contributed by atoms with Crippen molar-refractivity contribution in [1.82, 2.24) is 10.6 Å². The molecule has 0 bridgehead atoms. The Bertz CT molecular complexity index is 468. The number of hydrogen-bond donors (Lipinski definition) is 2. The summed E-state index contributed by atoms with van der Waals surface area (Å²) in [6.45, 7) is 4.90. The molecule has 0 unspecified atom stereocenters. The van der Waals surface area contributed by atoms with Crippen LogP contribution in [0.15, 0.2) is 18.2 Å². The van der Waals surface area contributed by atoms with Crippen molar-refractivity contribution in [1.29, 1.82) is 0 Å². The SMILES string of the molecule is CCNC1CCC(NC(=O)c2ccc(C)cc2F)CC1. The van der Waals surface area contributed by atoms with Gasteiger partial charge in [0.05, 0.1) is 5.56 Å². The van der Waals surface area contributed by atoms with Crippen molar-refractivity contribution in [2.24, 2.45) is 0 Å². The van der Waals surface area contributed by atoms with Crippen LogP contribution in [-0.4, -0.2) is 24.5 Å². The van der Waals surface area contributed by atoms with Gasteiger partial charge in [0.2, 0.25) is 0 Å². The molecular weight excluding hydrogens is 255 g/mol. The Hall–Kier alpha value is -1.42. The standard InChI is InChI=1S/C16H23FN2O/c1-3-18-12-5-7-13(8-6-12)19-16(20)14-9-4-11(2)10-15(14)17/h4,9-10,12-13,18H,3,5-8H2,1-2H3,(H,19,20). The zero-order chi connectivity index (χ0) is 14.5. The van der Waals surface area contributed by atoms with Crippen LogP contribution in [0.2, 0.25) is 0 Å². The van der Waals surface area contributed by atoms with Crippen LogP contribution in [0.3, 0.4) is 0 Å². The van der Waals surface area contributed by atoms with Crippen LogP contribution >= 0.6 is 0 Å². The summed E-state index contributed by atoms with van der Waals surface area (Å²) in [5, 5.41) is 6.38. The van der Waals surface area contributed by atoms with Crippen molar-refractivity contribution in [2.45, 2.75) is 51.6 Å². The van der Waals surface area contributed by atoms with E-state index in [1.54, 1.807) is 12.1 Å². The van der Waals surface area contributed by atoms with E-state index >= 15 is 0 Å². The zero-order valence-corrected chi connectivity index (χ0v) is 12.2. The van der Waals surface area contributed by atoms with Crippen molar-refractivity contribution >= 4 is 5.91 Å². The summed E-state index contributed by atoms with van der Waals surface area (Å²) in [6.07, 6.45) is 4.04. The van der Waals surface area contributed by atoms with Crippen molar-refractivity contribution < 1.29 is 9.18 Å². The Labute approximate surface area is 120 Å². The number of hydrogen-bond acceptors (Lipinski definition) is 2. The maximum Gasteiger partial charge on any atom is 0.254 e. The second-order valence-electron chi connectivity index (χ2n) is 5.56. The van der Waals surface area contributed by atoms with E-state index in [-0.39, 0.29) is 17.5 Å². The van der Waals surface area contributed by atoms with Gasteiger partial charge in [-0.2, -0.15) is 0 Å². The Morgan fingerprint density at radius 1 is 1.25 bits per heavy atom. The molecule has 0 saturated heterocycles. The number of rotatable bonds is 4. The first-order valence-electron chi connectivity index (χ1n) is 7.40. The third-order valence-electron chi connectivity index (χ3n) is 3.92. The van der Waals surface area contributed by atoms with E-state index in [0.29, 0.717) is 6.04 Å². The topological polar surface area (TPSA) is 41.1 Å². The van der Waals surface area contributed by atoms with E-state index in [1.807, 2.05) is 6.92 Å². The minimum atomic E-state index is -0.441. The first-order chi connectivity index (χ1) is 9.60. The molecule has 1 aliphatic carbocycles. The first kappa shape index (κ1) is 15.0. The summed E-state index contributed by atoms with van der Waals surface area (Å²) in [6, 6.07) is 5.45. The Morgan fingerprint density at radius 3 is 2.50 bits per heavy atom. The second-order valence-corrected chi connectivity index (χ2v) is 5.56. The summed E-state index contributed by atoms with van der Waals surface area (Å²) in [5.74, 6) is -0.738. The van der Waals surface area contributed by atoms with Gasteiger partial charge in [-0.1, -0.05) is 13.0 Å². The number of nitrogens with one attached hydrogen (secondary N) is 2. The molecule has 1 aliphatic rings. The number of amides is 1. The van der Waals surface area contributed by atoms with E-state index in [9.17, 15) is 9.18 Å². The molecule has 0 atom stereocenters. The molecule has 0 spiro atoms. The highest BCUT2D eigenvalue weighted by Gasteiger charge is 2.23. The molecule has 4 heteroatoms. The lowest BCUT2D eigenvalue weighted by Crippen LogP contribution is -2.42. The average Bonchev–Trinajstić information content (AvgIpc) is 2.41. The maximum atomic E-state index is 13.7. The molecule has 110 valence electrons. The molecule has 0 aliphatic heterocycles. The molecule has 3 nitrogen and oxygen atoms in total. The molecule has 0 radical (unpaired) electrons. The van der Waals surface area contributed by atoms with Gasteiger partial charge in [-0.3, -0.25) is 4.79 Å². The van der Waals surface area contributed by atoms with Crippen molar-refractivity contribution in [3.63, 3.8) is 0 Å². The fraction of sp³-hybridized carbons (Fsp3) is 0.562. The Kier molecular flexibility index (Phi) is 5.12. The van der Waals surface area contributed by atoms with Crippen LogP contribution in [0.25, 0.3) is 0 Å². The quantitative estimate of drug-likeness (QED) is 0.889. The number of carbonyl (C=O) groups is 1. The first-order valence-corrected chi connectivity index (χ1v) is 7.40. The van der Waals surface area contributed by atoms with Gasteiger partial charge in [0.25, 0.3) is 5.91 Å². The molecule has 1 fully saturated rings. The second kappa shape index (κ2) is 6.84. The fourth-order valence-corrected chi connectivity index (χ4v) is 2.80. The predicted molar refractivity (Wildman–Crippen MR) is 78.3 cm³/mol. The maximum absolute atomic E-state index is 13.7. The normalized spacial score (nSPS) is 22.6. The van der Waals surface area contributed by atoms with Crippen LogP contribution in [0.5, 0.6) is 0 Å². The highest BCUT2D eigenvalue weighted by atomic mass is 19.1. The van der Waals surface area contributed by atoms with Gasteiger partial charge in [0, 0.05) is 12.1 Å². The van der Waals surface area contributed by atoms with Crippen LogP contribution in [0.1, 0.15) is 48.5 Å². The average molecular weight is 278 g/mol. The molecule has 0 heterocycles. The van der Waals surface area contributed by atoms with Gasteiger partial charge in [-0.15, -0.1) is 0 Å². The lowest BCUT2D eigenvalue weighted by molar-refractivity contribution is 0.0920. The van der Waals surface area contributed by atoms with Gasteiger partial charge in [0.15, 0.2) is 0 Å². The summed E-state index contributed by atoms with van der Waals surface area (Å²) in [4.78, 5) is 12.1. The van der Waals surface area contributed by atoms with Gasteiger partial charge >= 0.3 is 0 Å². The molecule has 1 amide bonds. The summed E-state index contributed by atoms with van der Waals surface area (Å²) in [5.41, 5.74) is 0.967. The van der Waals surface area contributed by atoms with Crippen LogP contribution in [-0.2, 0) is 0 Å². The van der Waals surface area contributed by atoms with Crippen molar-refractivity contribution in [3.8, 4) is 0 Å². The Balaban J connectivity index is 1.89. The monoisotopic (exact) mass is 278 g/mol. The lowest BCUT2D eigenvalue weighted by atomic mass is 9.91. The zero-order valence-electron chi connectivity index (χ0n) is 12.2. The van der Waals surface area contributed by atoms with Crippen molar-refractivity contribution in [3.05, 3.63) is 35.1 Å². The highest BCUT2D eigenvalue weighted by molar-refractivity contribution is 5.94. The predicted octanol–water partition coefficient (Wildman–Crippen LogP) is 2.78. The third kappa shape index (κ3) is 3.79. The minimum absolute atomic E-state index is 0.143. The van der Waals surface area contributed by atoms with E-state index < -0.39 is 5.82 Å². The molecule has 1 aromatic rings. The van der Waals surface area contributed by atoms with E-state index in [4.69, 9.17) is 0 Å². The summed E-state index contributed by atoms with van der Waals surface area (Å²) < 4.78 is 13.7. The molecule has 20 heavy (non-hydrogen) atoms. The van der Waals surface area contributed by atoms with Gasteiger partial charge in [-0.25, -0.2) is 4.39 Å². The van der Waals surface area contributed by atoms with Crippen molar-refractivity contribution in [2.75, 3.05) is 6.54 Å². The summed E-state index contributed by atoms with van der Waals surface area (Å²) in [7, 11) is 0. The van der Waals surface area contributed by atoms with Crippen LogP contribution in [0.4, 0.5) is 4.39 Å². The largest absolute Gasteiger partial charge is 0.349 e. The molecule has 1 saturated carbocycles. The molecule has 1 aromatic carbocycles. The van der Waals surface area contributed by atoms with E-state index in [1.165, 1.54) is 6.07 Å². The molecule has 2 N–H and O–H groups in total. The number of aryl methyl sites for hydroxylation is 1. The smallest absolute Gasteiger partial charge is 0.254 e. The van der Waals surface area contributed by atoms with Gasteiger partial charge in [0.1, 0.15) is 5.82 Å². The van der Waals surface area contributed by atoms with E-state index in [0.717, 1.165) is 37.8 Å². The van der Waals surface area contributed by atoms with Crippen LogP contribution in [0, 0.1) is 12.7 Å². The lowest BCUT2D eigenvalue weighted by Gasteiger charge is -2.29. The summed E-state index contributed by atoms with van der Waals surface area (Å²) >= 11 is 0. The third-order valence-corrected chi connectivity index (χ3v) is 3.92. The number of halogens is 1. The van der Waals surface area contributed by atoms with Gasteiger partial charge < -0.3 is 10.6 Å². The Morgan fingerprint density at radius 2 is 1.90 bits per heavy atom. The van der Waals surface area contributed by atoms with Crippen LogP contribution < -0.4 is 10.6 Å². The van der Waals surface area contributed by atoms with E-state index in [2.05, 4.69) is 17.6 Å². The van der Waals surface area contributed by atoms with Gasteiger partial charge in [-0.05, 0) is 56.8 Å².